The number of nitrogens with zero attached hydrogens (tertiary/aromatic N) is 1. The summed E-state index contributed by atoms with van der Waals surface area (Å²) in [4.78, 5) is 33.3. The van der Waals surface area contributed by atoms with Crippen LogP contribution in [0.5, 0.6) is 0 Å². The Hall–Kier alpha value is -1.63. The molecule has 0 aromatic carbocycles. The minimum Gasteiger partial charge on any atom is -0.480 e. The predicted molar refractivity (Wildman–Crippen MR) is 57.3 cm³/mol. The minimum atomic E-state index is -1.01. The zero-order valence-electron chi connectivity index (χ0n) is 10.1. The average Bonchev–Trinajstić information content (AvgIpc) is 2.15. The first-order chi connectivity index (χ1) is 7.82. The molecule has 0 fully saturated rings. The Morgan fingerprint density at radius 3 is 1.82 bits per heavy atom. The van der Waals surface area contributed by atoms with Crippen LogP contribution in [0.4, 0.5) is 0 Å². The molecule has 0 rings (SSSR count). The number of esters is 2. The molecule has 0 amide bonds. The molecule has 1 N–H and O–H groups in total. The van der Waals surface area contributed by atoms with E-state index in [0.29, 0.717) is 0 Å². The van der Waals surface area contributed by atoms with E-state index in [1.165, 1.54) is 18.7 Å². The first-order valence-corrected chi connectivity index (χ1v) is 5.01. The monoisotopic (exact) mass is 247 g/mol. The van der Waals surface area contributed by atoms with Crippen molar-refractivity contribution in [3.8, 4) is 0 Å². The highest BCUT2D eigenvalue weighted by Gasteiger charge is 2.19. The van der Waals surface area contributed by atoms with Crippen LogP contribution in [0.15, 0.2) is 0 Å². The average molecular weight is 247 g/mol. The van der Waals surface area contributed by atoms with Gasteiger partial charge in [0.1, 0.15) is 13.2 Å². The molecule has 0 aliphatic heterocycles. The Morgan fingerprint density at radius 2 is 1.53 bits per heavy atom. The van der Waals surface area contributed by atoms with Crippen molar-refractivity contribution in [1.82, 2.24) is 4.90 Å². The summed E-state index contributed by atoms with van der Waals surface area (Å²) in [6.07, 6.45) is 0. The van der Waals surface area contributed by atoms with E-state index < -0.39 is 23.9 Å². The van der Waals surface area contributed by atoms with E-state index >= 15 is 0 Å². The quantitative estimate of drug-likeness (QED) is 0.606. The summed E-state index contributed by atoms with van der Waals surface area (Å²) in [7, 11) is 1.55. The van der Waals surface area contributed by atoms with Crippen molar-refractivity contribution >= 4 is 17.9 Å². The third-order valence-electron chi connectivity index (χ3n) is 1.97. The fraction of sp³-hybridized carbons (Fsp3) is 0.700. The summed E-state index contributed by atoms with van der Waals surface area (Å²) >= 11 is 0. The van der Waals surface area contributed by atoms with Crippen molar-refractivity contribution < 1.29 is 29.0 Å². The molecule has 0 aromatic rings. The molecule has 0 heterocycles. The van der Waals surface area contributed by atoms with Crippen LogP contribution in [-0.4, -0.2) is 60.8 Å². The van der Waals surface area contributed by atoms with E-state index in [1.54, 1.807) is 7.05 Å². The highest BCUT2D eigenvalue weighted by Crippen LogP contribution is 2.00. The molecule has 0 unspecified atom stereocenters. The van der Waals surface area contributed by atoms with Gasteiger partial charge in [-0.3, -0.25) is 19.3 Å². The molecule has 17 heavy (non-hydrogen) atoms. The van der Waals surface area contributed by atoms with Crippen LogP contribution in [0.3, 0.4) is 0 Å². The number of carboxylic acid groups (broad SMARTS) is 1. The van der Waals surface area contributed by atoms with Crippen LogP contribution < -0.4 is 0 Å². The first kappa shape index (κ1) is 15.4. The zero-order chi connectivity index (χ0) is 13.4. The molecule has 0 aliphatic carbocycles. The summed E-state index contributed by atoms with van der Waals surface area (Å²) in [6, 6.07) is -0.473. The first-order valence-electron chi connectivity index (χ1n) is 5.01. The van der Waals surface area contributed by atoms with Gasteiger partial charge in [0.25, 0.3) is 0 Å². The Labute approximate surface area is 99.3 Å². The van der Waals surface area contributed by atoms with Crippen molar-refractivity contribution in [3.05, 3.63) is 0 Å². The highest BCUT2D eigenvalue weighted by molar-refractivity contribution is 5.69. The molecule has 0 radical (unpaired) electrons. The second-order valence-electron chi connectivity index (χ2n) is 3.57. The lowest BCUT2D eigenvalue weighted by Crippen LogP contribution is -2.42. The summed E-state index contributed by atoms with van der Waals surface area (Å²) in [5.41, 5.74) is 0. The Bertz CT molecular complexity index is 273. The van der Waals surface area contributed by atoms with Gasteiger partial charge in [0.15, 0.2) is 0 Å². The molecule has 0 saturated heterocycles. The normalized spacial score (nSPS) is 10.4. The molecule has 0 atom stereocenters. The molecule has 7 nitrogen and oxygen atoms in total. The van der Waals surface area contributed by atoms with Crippen molar-refractivity contribution in [3.63, 3.8) is 0 Å². The van der Waals surface area contributed by atoms with Crippen molar-refractivity contribution in [2.75, 3.05) is 26.8 Å². The van der Waals surface area contributed by atoms with Gasteiger partial charge in [-0.2, -0.15) is 0 Å². The molecule has 7 heteroatoms. The summed E-state index contributed by atoms with van der Waals surface area (Å²) in [6.45, 7) is 2.23. The van der Waals surface area contributed by atoms with E-state index in [-0.39, 0.29) is 19.8 Å². The zero-order valence-corrected chi connectivity index (χ0v) is 10.1. The van der Waals surface area contributed by atoms with Crippen LogP contribution in [0.2, 0.25) is 0 Å². The van der Waals surface area contributed by atoms with Gasteiger partial charge in [-0.15, -0.1) is 0 Å². The summed E-state index contributed by atoms with van der Waals surface area (Å²) in [5, 5.41) is 8.63. The third kappa shape index (κ3) is 8.21. The fourth-order valence-electron chi connectivity index (χ4n) is 1.07. The van der Waals surface area contributed by atoms with Gasteiger partial charge in [0.2, 0.25) is 0 Å². The van der Waals surface area contributed by atoms with E-state index in [4.69, 9.17) is 14.6 Å². The van der Waals surface area contributed by atoms with Gasteiger partial charge in [-0.25, -0.2) is 0 Å². The van der Waals surface area contributed by atoms with Crippen LogP contribution in [0, 0.1) is 0 Å². The Kier molecular flexibility index (Phi) is 6.88. The SMILES string of the molecule is CC(=O)OCC(COC(C)=O)N(C)CC(=O)O. The van der Waals surface area contributed by atoms with Gasteiger partial charge in [-0.05, 0) is 7.05 Å². The number of hydrogen-bond acceptors (Lipinski definition) is 6. The minimum absolute atomic E-state index is 0.0214. The molecule has 0 aromatic heterocycles. The number of carboxylic acids is 1. The molecule has 98 valence electrons. The van der Waals surface area contributed by atoms with Gasteiger partial charge in [-0.1, -0.05) is 0 Å². The molecular weight excluding hydrogens is 230 g/mol. The van der Waals surface area contributed by atoms with Crippen molar-refractivity contribution in [2.45, 2.75) is 19.9 Å². The maximum absolute atomic E-state index is 10.7. The predicted octanol–water partition coefficient (Wildman–Crippen LogP) is -0.502. The van der Waals surface area contributed by atoms with Crippen LogP contribution in [0.25, 0.3) is 0 Å². The second-order valence-corrected chi connectivity index (χ2v) is 3.57. The van der Waals surface area contributed by atoms with E-state index in [0.717, 1.165) is 0 Å². The van der Waals surface area contributed by atoms with Crippen LogP contribution >= 0.6 is 0 Å². The van der Waals surface area contributed by atoms with Crippen molar-refractivity contribution in [2.24, 2.45) is 0 Å². The van der Waals surface area contributed by atoms with Crippen molar-refractivity contribution in [1.29, 1.82) is 0 Å². The number of carbonyl (C=O) groups excluding carboxylic acids is 2. The van der Waals surface area contributed by atoms with Gasteiger partial charge < -0.3 is 14.6 Å². The maximum atomic E-state index is 10.7. The third-order valence-corrected chi connectivity index (χ3v) is 1.97. The molecule has 0 bridgehead atoms. The smallest absolute Gasteiger partial charge is 0.317 e. The largest absolute Gasteiger partial charge is 0.480 e. The number of likely N-dealkylation sites (N-methyl/N-ethyl adjacent to an activating group) is 1. The molecule has 0 saturated carbocycles. The van der Waals surface area contributed by atoms with E-state index in [2.05, 4.69) is 0 Å². The highest BCUT2D eigenvalue weighted by atomic mass is 16.5. The standard InChI is InChI=1S/C10H17NO6/c1-7(12)16-5-9(6-17-8(2)13)11(3)4-10(14)15/h9H,4-6H2,1-3H3,(H,14,15). The topological polar surface area (TPSA) is 93.1 Å². The molecular formula is C10H17NO6. The van der Waals surface area contributed by atoms with Gasteiger partial charge in [0, 0.05) is 13.8 Å². The maximum Gasteiger partial charge on any atom is 0.317 e. The summed E-state index contributed by atoms with van der Waals surface area (Å²) < 4.78 is 9.55. The molecule has 0 spiro atoms. The lowest BCUT2D eigenvalue weighted by Gasteiger charge is -2.25. The van der Waals surface area contributed by atoms with Gasteiger partial charge in [0.05, 0.1) is 12.6 Å². The van der Waals surface area contributed by atoms with Crippen LogP contribution in [-0.2, 0) is 23.9 Å². The van der Waals surface area contributed by atoms with Crippen LogP contribution in [0.1, 0.15) is 13.8 Å². The Morgan fingerprint density at radius 1 is 1.12 bits per heavy atom. The number of hydrogen-bond donors (Lipinski definition) is 1. The Balaban J connectivity index is 4.31. The lowest BCUT2D eigenvalue weighted by molar-refractivity contribution is -0.147. The molecule has 0 aliphatic rings. The summed E-state index contributed by atoms with van der Waals surface area (Å²) in [5.74, 6) is -1.95. The lowest BCUT2D eigenvalue weighted by atomic mass is 10.3. The number of ether oxygens (including phenoxy) is 2. The van der Waals surface area contributed by atoms with E-state index in [9.17, 15) is 14.4 Å². The number of carbonyl (C=O) groups is 3. The number of aliphatic carboxylic acids is 1. The van der Waals surface area contributed by atoms with Gasteiger partial charge >= 0.3 is 17.9 Å². The van der Waals surface area contributed by atoms with E-state index in [1.807, 2.05) is 0 Å². The number of rotatable bonds is 7. The fourth-order valence-corrected chi connectivity index (χ4v) is 1.07. The second kappa shape index (κ2) is 7.61.